The largest absolute Gasteiger partial charge is 0.244 e. The van der Waals surface area contributed by atoms with Crippen LogP contribution < -0.4 is 0 Å². The summed E-state index contributed by atoms with van der Waals surface area (Å²) in [4.78, 5) is 11.6. The van der Waals surface area contributed by atoms with Gasteiger partial charge in [-0.1, -0.05) is 23.2 Å². The summed E-state index contributed by atoms with van der Waals surface area (Å²) in [5.74, 6) is 0. The molecule has 0 amide bonds. The third-order valence-corrected chi connectivity index (χ3v) is 2.14. The van der Waals surface area contributed by atoms with E-state index in [1.165, 1.54) is 6.20 Å². The molecule has 2 rings (SSSR count). The molecule has 2 aromatic heterocycles. The number of rotatable bonds is 0. The highest BCUT2D eigenvalue weighted by molar-refractivity contribution is 6.36. The van der Waals surface area contributed by atoms with Gasteiger partial charge in [0, 0.05) is 12.3 Å². The number of aromatic nitrogens is 3. The first-order chi connectivity index (χ1) is 6.16. The van der Waals surface area contributed by atoms with Crippen LogP contribution in [-0.2, 0) is 0 Å². The number of nitrogens with zero attached hydrogens (tertiary/aromatic N) is 3. The van der Waals surface area contributed by atoms with Crippen molar-refractivity contribution >= 4 is 45.7 Å². The molecule has 3 nitrogen and oxygen atoms in total. The zero-order valence-corrected chi connectivity index (χ0v) is 8.40. The minimum Gasteiger partial charge on any atom is -0.244 e. The normalized spacial score (nSPS) is 10.7. The van der Waals surface area contributed by atoms with Gasteiger partial charge in [-0.25, -0.2) is 15.0 Å². The van der Waals surface area contributed by atoms with Gasteiger partial charge in [-0.05, 0) is 11.6 Å². The van der Waals surface area contributed by atoms with E-state index in [4.69, 9.17) is 34.8 Å². The molecule has 0 atom stereocenters. The fourth-order valence-corrected chi connectivity index (χ4v) is 1.53. The number of hydrogen-bond acceptors (Lipinski definition) is 3. The first-order valence-electron chi connectivity index (χ1n) is 3.31. The van der Waals surface area contributed by atoms with Gasteiger partial charge in [0.05, 0.1) is 10.9 Å². The second kappa shape index (κ2) is 3.25. The van der Waals surface area contributed by atoms with E-state index in [1.807, 2.05) is 0 Å². The summed E-state index contributed by atoms with van der Waals surface area (Å²) in [7, 11) is 0. The molecule has 66 valence electrons. The Morgan fingerprint density at radius 2 is 1.85 bits per heavy atom. The van der Waals surface area contributed by atoms with E-state index >= 15 is 0 Å². The molecule has 0 unspecified atom stereocenters. The Hall–Kier alpha value is -0.640. The van der Waals surface area contributed by atoms with Crippen molar-refractivity contribution in [2.24, 2.45) is 0 Å². The van der Waals surface area contributed by atoms with Gasteiger partial charge >= 0.3 is 0 Å². The van der Waals surface area contributed by atoms with Crippen molar-refractivity contribution in [3.8, 4) is 0 Å². The van der Waals surface area contributed by atoms with Crippen molar-refractivity contribution in [3.05, 3.63) is 27.9 Å². The Morgan fingerprint density at radius 3 is 2.62 bits per heavy atom. The molecule has 0 aliphatic carbocycles. The van der Waals surface area contributed by atoms with Gasteiger partial charge < -0.3 is 0 Å². The molecule has 0 radical (unpaired) electrons. The fourth-order valence-electron chi connectivity index (χ4n) is 0.937. The molecule has 0 saturated carbocycles. The van der Waals surface area contributed by atoms with Crippen LogP contribution >= 0.6 is 34.8 Å². The molecule has 0 aromatic carbocycles. The highest BCUT2D eigenvalue weighted by atomic mass is 35.5. The summed E-state index contributed by atoms with van der Waals surface area (Å²) in [5.41, 5.74) is 0.588. The van der Waals surface area contributed by atoms with Gasteiger partial charge in [0.25, 0.3) is 0 Å². The maximum atomic E-state index is 5.80. The highest BCUT2D eigenvalue weighted by Crippen LogP contribution is 2.22. The van der Waals surface area contributed by atoms with E-state index in [0.29, 0.717) is 16.1 Å². The maximum Gasteiger partial charge on any atom is 0.224 e. The Bertz CT molecular complexity index is 466. The van der Waals surface area contributed by atoms with E-state index in [-0.39, 0.29) is 10.4 Å². The molecular formula is C7H2Cl3N3. The summed E-state index contributed by atoms with van der Waals surface area (Å²) < 4.78 is 0. The van der Waals surface area contributed by atoms with Crippen molar-refractivity contribution in [1.82, 2.24) is 15.0 Å². The summed E-state index contributed by atoms with van der Waals surface area (Å²) in [6.45, 7) is 0. The van der Waals surface area contributed by atoms with Crippen LogP contribution in [0.3, 0.4) is 0 Å². The standard InChI is InChI=1S/C7H2Cl3N3/c8-5-1-4-3(2-11-5)6(9)13-7(10)12-4/h1-2H. The third kappa shape index (κ3) is 1.68. The molecule has 2 heterocycles. The SMILES string of the molecule is Clc1cc2nc(Cl)nc(Cl)c2cn1. The molecule has 13 heavy (non-hydrogen) atoms. The van der Waals surface area contributed by atoms with Gasteiger partial charge in [-0.15, -0.1) is 0 Å². The smallest absolute Gasteiger partial charge is 0.224 e. The van der Waals surface area contributed by atoms with Crippen LogP contribution in [0, 0.1) is 0 Å². The minimum absolute atomic E-state index is 0.0970. The first kappa shape index (κ1) is 8.94. The third-order valence-electron chi connectivity index (χ3n) is 1.47. The second-order valence-electron chi connectivity index (χ2n) is 2.31. The molecule has 0 spiro atoms. The lowest BCUT2D eigenvalue weighted by molar-refractivity contribution is 1.21. The Morgan fingerprint density at radius 1 is 1.08 bits per heavy atom. The van der Waals surface area contributed by atoms with E-state index in [1.54, 1.807) is 6.07 Å². The average molecular weight is 234 g/mol. The predicted molar refractivity (Wildman–Crippen MR) is 52.4 cm³/mol. The van der Waals surface area contributed by atoms with Crippen LogP contribution in [0.4, 0.5) is 0 Å². The van der Waals surface area contributed by atoms with Crippen molar-refractivity contribution in [1.29, 1.82) is 0 Å². The Balaban J connectivity index is 2.86. The van der Waals surface area contributed by atoms with Gasteiger partial charge in [0.2, 0.25) is 5.28 Å². The monoisotopic (exact) mass is 233 g/mol. The van der Waals surface area contributed by atoms with Crippen molar-refractivity contribution in [3.63, 3.8) is 0 Å². The molecule has 6 heteroatoms. The Kier molecular flexibility index (Phi) is 2.24. The topological polar surface area (TPSA) is 38.7 Å². The summed E-state index contributed by atoms with van der Waals surface area (Å²) in [6.07, 6.45) is 1.51. The molecular weight excluding hydrogens is 232 g/mol. The molecule has 0 aliphatic rings. The Labute approximate surface area is 88.7 Å². The van der Waals surface area contributed by atoms with Gasteiger partial charge in [-0.3, -0.25) is 0 Å². The van der Waals surface area contributed by atoms with Gasteiger partial charge in [0.1, 0.15) is 10.3 Å². The average Bonchev–Trinajstić information content (AvgIpc) is 2.02. The molecule has 0 fully saturated rings. The predicted octanol–water partition coefficient (Wildman–Crippen LogP) is 2.99. The van der Waals surface area contributed by atoms with Crippen molar-refractivity contribution < 1.29 is 0 Å². The summed E-state index contributed by atoms with van der Waals surface area (Å²) in [5, 5.41) is 1.35. The zero-order chi connectivity index (χ0) is 9.42. The number of fused-ring (bicyclic) bond motifs is 1. The number of hydrogen-bond donors (Lipinski definition) is 0. The van der Waals surface area contributed by atoms with Crippen LogP contribution in [0.15, 0.2) is 12.3 Å². The van der Waals surface area contributed by atoms with Crippen molar-refractivity contribution in [2.45, 2.75) is 0 Å². The summed E-state index contributed by atoms with van der Waals surface area (Å²) >= 11 is 17.1. The van der Waals surface area contributed by atoms with Crippen LogP contribution in [-0.4, -0.2) is 15.0 Å². The van der Waals surface area contributed by atoms with Crippen molar-refractivity contribution in [2.75, 3.05) is 0 Å². The highest BCUT2D eigenvalue weighted by Gasteiger charge is 2.05. The van der Waals surface area contributed by atoms with E-state index in [0.717, 1.165) is 0 Å². The molecule has 0 aliphatic heterocycles. The number of pyridine rings is 1. The first-order valence-corrected chi connectivity index (χ1v) is 4.44. The van der Waals surface area contributed by atoms with Crippen LogP contribution in [0.25, 0.3) is 10.9 Å². The van der Waals surface area contributed by atoms with Crippen LogP contribution in [0.5, 0.6) is 0 Å². The molecule has 2 aromatic rings. The molecule has 0 bridgehead atoms. The van der Waals surface area contributed by atoms with Gasteiger partial charge in [-0.2, -0.15) is 0 Å². The number of halogens is 3. The molecule has 0 N–H and O–H groups in total. The second-order valence-corrected chi connectivity index (χ2v) is 3.39. The molecule has 0 saturated heterocycles. The summed E-state index contributed by atoms with van der Waals surface area (Å²) in [6, 6.07) is 1.58. The fraction of sp³-hybridized carbons (Fsp3) is 0. The zero-order valence-electron chi connectivity index (χ0n) is 6.13. The van der Waals surface area contributed by atoms with E-state index in [9.17, 15) is 0 Å². The minimum atomic E-state index is 0.0970. The van der Waals surface area contributed by atoms with Gasteiger partial charge in [0.15, 0.2) is 0 Å². The lowest BCUT2D eigenvalue weighted by Crippen LogP contribution is -1.87. The van der Waals surface area contributed by atoms with E-state index < -0.39 is 0 Å². The van der Waals surface area contributed by atoms with Crippen LogP contribution in [0.1, 0.15) is 0 Å². The lowest BCUT2D eigenvalue weighted by atomic mass is 10.3. The lowest BCUT2D eigenvalue weighted by Gasteiger charge is -1.98. The van der Waals surface area contributed by atoms with Crippen LogP contribution in [0.2, 0.25) is 15.6 Å². The maximum absolute atomic E-state index is 5.80. The van der Waals surface area contributed by atoms with E-state index in [2.05, 4.69) is 15.0 Å². The quantitative estimate of drug-likeness (QED) is 0.400.